The molecule has 0 aliphatic heterocycles. The molecule has 0 saturated heterocycles. The van der Waals surface area contributed by atoms with Gasteiger partial charge in [0.25, 0.3) is 5.82 Å². The van der Waals surface area contributed by atoms with Crippen molar-refractivity contribution in [2.45, 2.75) is 6.54 Å². The Balaban J connectivity index is 2.11. The lowest BCUT2D eigenvalue weighted by molar-refractivity contribution is 0.0586. The van der Waals surface area contributed by atoms with Gasteiger partial charge in [-0.2, -0.15) is 0 Å². The largest absolute Gasteiger partial charge is 0.463 e. The first-order chi connectivity index (χ1) is 7.29. The summed E-state index contributed by atoms with van der Waals surface area (Å²) in [5.74, 6) is -0.520. The van der Waals surface area contributed by atoms with Crippen molar-refractivity contribution in [2.75, 3.05) is 7.11 Å². The molecule has 0 bridgehead atoms. The van der Waals surface area contributed by atoms with Crippen LogP contribution >= 0.6 is 0 Å². The zero-order valence-electron chi connectivity index (χ0n) is 7.95. The second kappa shape index (κ2) is 3.91. The molecule has 0 unspecified atom stereocenters. The van der Waals surface area contributed by atoms with Crippen molar-refractivity contribution < 1.29 is 14.1 Å². The summed E-state index contributed by atoms with van der Waals surface area (Å²) >= 11 is 0. The van der Waals surface area contributed by atoms with Crippen LogP contribution in [0.3, 0.4) is 0 Å². The van der Waals surface area contributed by atoms with E-state index in [0.29, 0.717) is 6.54 Å². The Labute approximate surface area is 84.7 Å². The zero-order valence-corrected chi connectivity index (χ0v) is 7.95. The fourth-order valence-corrected chi connectivity index (χ4v) is 1.05. The summed E-state index contributed by atoms with van der Waals surface area (Å²) in [7, 11) is 1.28. The number of ether oxygens (including phenoxy) is 1. The van der Waals surface area contributed by atoms with E-state index >= 15 is 0 Å². The van der Waals surface area contributed by atoms with E-state index in [4.69, 9.17) is 0 Å². The molecule has 78 valence electrons. The molecule has 2 aromatic heterocycles. The maximum atomic E-state index is 11.0. The fraction of sp³-hybridized carbons (Fsp3) is 0.250. The van der Waals surface area contributed by atoms with E-state index in [0.717, 1.165) is 5.56 Å². The summed E-state index contributed by atoms with van der Waals surface area (Å²) in [5.41, 5.74) is 0.844. The number of methoxy groups -OCH3 is 1. The molecule has 0 fully saturated rings. The highest BCUT2D eigenvalue weighted by Crippen LogP contribution is 2.00. The average molecular weight is 208 g/mol. The van der Waals surface area contributed by atoms with Crippen molar-refractivity contribution in [3.63, 3.8) is 0 Å². The van der Waals surface area contributed by atoms with Gasteiger partial charge in [-0.1, -0.05) is 5.16 Å². The maximum Gasteiger partial charge on any atom is 0.377 e. The van der Waals surface area contributed by atoms with E-state index in [9.17, 15) is 4.79 Å². The minimum atomic E-state index is -0.556. The Bertz CT molecular complexity index is 448. The first kappa shape index (κ1) is 9.38. The third-order valence-electron chi connectivity index (χ3n) is 1.73. The Kier molecular flexibility index (Phi) is 2.44. The molecule has 0 aromatic carbocycles. The number of carbonyl (C=O) groups is 1. The zero-order chi connectivity index (χ0) is 10.7. The van der Waals surface area contributed by atoms with Gasteiger partial charge >= 0.3 is 5.97 Å². The molecular formula is C8H8N4O3. The smallest absolute Gasteiger partial charge is 0.377 e. The lowest BCUT2D eigenvalue weighted by Crippen LogP contribution is -2.06. The molecule has 0 aliphatic carbocycles. The first-order valence-corrected chi connectivity index (χ1v) is 4.15. The lowest BCUT2D eigenvalue weighted by atomic mass is 10.4. The Morgan fingerprint density at radius 1 is 1.67 bits per heavy atom. The van der Waals surface area contributed by atoms with Crippen LogP contribution in [-0.2, 0) is 11.3 Å². The van der Waals surface area contributed by atoms with Crippen molar-refractivity contribution >= 4 is 5.97 Å². The van der Waals surface area contributed by atoms with Crippen molar-refractivity contribution in [3.8, 4) is 0 Å². The summed E-state index contributed by atoms with van der Waals surface area (Å²) in [4.78, 5) is 14.8. The van der Waals surface area contributed by atoms with E-state index in [1.54, 1.807) is 6.20 Å². The van der Waals surface area contributed by atoms with Gasteiger partial charge in [0.1, 0.15) is 12.6 Å². The van der Waals surface area contributed by atoms with Gasteiger partial charge < -0.3 is 9.26 Å². The van der Waals surface area contributed by atoms with Crippen LogP contribution in [-0.4, -0.2) is 33.0 Å². The first-order valence-electron chi connectivity index (χ1n) is 4.15. The van der Waals surface area contributed by atoms with Crippen LogP contribution < -0.4 is 0 Å². The van der Waals surface area contributed by atoms with Gasteiger partial charge in [0.05, 0.1) is 19.9 Å². The summed E-state index contributed by atoms with van der Waals surface area (Å²) in [6.07, 6.45) is 4.51. The van der Waals surface area contributed by atoms with Gasteiger partial charge in [-0.3, -0.25) is 0 Å². The minimum Gasteiger partial charge on any atom is -0.463 e. The second-order valence-corrected chi connectivity index (χ2v) is 2.79. The quantitative estimate of drug-likeness (QED) is 0.665. The summed E-state index contributed by atoms with van der Waals surface area (Å²) in [5, 5.41) is 7.47. The van der Waals surface area contributed by atoms with Crippen LogP contribution in [0.1, 0.15) is 16.2 Å². The van der Waals surface area contributed by atoms with Gasteiger partial charge in [-0.15, -0.1) is 5.10 Å². The number of carbonyl (C=O) groups excluding carboxylic acids is 1. The van der Waals surface area contributed by atoms with Crippen LogP contribution in [0.25, 0.3) is 0 Å². The monoisotopic (exact) mass is 208 g/mol. The average Bonchev–Trinajstić information content (AvgIpc) is 2.88. The number of aromatic nitrogens is 4. The van der Waals surface area contributed by atoms with Crippen LogP contribution in [0.5, 0.6) is 0 Å². The number of nitrogens with zero attached hydrogens (tertiary/aromatic N) is 4. The molecule has 7 nitrogen and oxygen atoms in total. The molecule has 2 aromatic rings. The number of hydrogen-bond donors (Lipinski definition) is 0. The topological polar surface area (TPSA) is 83.0 Å². The number of rotatable bonds is 3. The Morgan fingerprint density at radius 2 is 2.53 bits per heavy atom. The van der Waals surface area contributed by atoms with Crippen LogP contribution in [0, 0.1) is 0 Å². The Hall–Kier alpha value is -2.18. The highest BCUT2D eigenvalue weighted by Gasteiger charge is 2.11. The maximum absolute atomic E-state index is 11.0. The minimum absolute atomic E-state index is 0.0361. The molecule has 2 heterocycles. The molecule has 0 amide bonds. The van der Waals surface area contributed by atoms with Gasteiger partial charge in [0.2, 0.25) is 0 Å². The third kappa shape index (κ3) is 2.01. The summed E-state index contributed by atoms with van der Waals surface area (Å²) in [6, 6.07) is 0. The van der Waals surface area contributed by atoms with E-state index in [2.05, 4.69) is 24.5 Å². The van der Waals surface area contributed by atoms with Gasteiger partial charge in [0, 0.05) is 5.56 Å². The highest BCUT2D eigenvalue weighted by molar-refractivity contribution is 5.84. The van der Waals surface area contributed by atoms with Crippen molar-refractivity contribution in [3.05, 3.63) is 30.2 Å². The molecule has 7 heteroatoms. The normalized spacial score (nSPS) is 10.2. The van der Waals surface area contributed by atoms with Crippen molar-refractivity contribution in [1.29, 1.82) is 0 Å². The van der Waals surface area contributed by atoms with Crippen LogP contribution in [0.15, 0.2) is 23.3 Å². The second-order valence-electron chi connectivity index (χ2n) is 2.79. The molecule has 0 radical (unpaired) electrons. The number of hydrogen-bond acceptors (Lipinski definition) is 6. The van der Waals surface area contributed by atoms with Crippen LogP contribution in [0.2, 0.25) is 0 Å². The van der Waals surface area contributed by atoms with Gasteiger partial charge in [-0.05, 0) is 0 Å². The molecule has 0 spiro atoms. The molecular weight excluding hydrogens is 200 g/mol. The molecule has 0 N–H and O–H groups in total. The van der Waals surface area contributed by atoms with Crippen LogP contribution in [0.4, 0.5) is 0 Å². The molecule has 2 rings (SSSR count). The predicted octanol–water partition coefficient (Wildman–Crippen LogP) is 0.101. The van der Waals surface area contributed by atoms with E-state index in [1.165, 1.54) is 24.4 Å². The van der Waals surface area contributed by atoms with Crippen molar-refractivity contribution in [1.82, 2.24) is 19.9 Å². The van der Waals surface area contributed by atoms with Gasteiger partial charge in [0.15, 0.2) is 0 Å². The molecule has 15 heavy (non-hydrogen) atoms. The molecule has 0 saturated carbocycles. The Morgan fingerprint density at radius 3 is 3.20 bits per heavy atom. The number of esters is 1. The van der Waals surface area contributed by atoms with Crippen molar-refractivity contribution in [2.24, 2.45) is 0 Å². The van der Waals surface area contributed by atoms with E-state index < -0.39 is 5.97 Å². The SMILES string of the molecule is COC(=O)c1ncn(Cc2cnoc2)n1. The molecule has 0 atom stereocenters. The molecule has 0 aliphatic rings. The lowest BCUT2D eigenvalue weighted by Gasteiger charge is -1.94. The summed E-state index contributed by atoms with van der Waals surface area (Å²) < 4.78 is 10.6. The predicted molar refractivity (Wildman–Crippen MR) is 47.0 cm³/mol. The van der Waals surface area contributed by atoms with E-state index in [-0.39, 0.29) is 5.82 Å². The standard InChI is InChI=1S/C8H8N4O3/c1-14-8(13)7-9-5-12(11-7)3-6-2-10-15-4-6/h2,4-5H,3H2,1H3. The van der Waals surface area contributed by atoms with Gasteiger partial charge in [-0.25, -0.2) is 14.5 Å². The van der Waals surface area contributed by atoms with E-state index in [1.807, 2.05) is 0 Å². The fourth-order valence-electron chi connectivity index (χ4n) is 1.05. The third-order valence-corrected chi connectivity index (χ3v) is 1.73. The summed E-state index contributed by atoms with van der Waals surface area (Å²) in [6.45, 7) is 0.452. The highest BCUT2D eigenvalue weighted by atomic mass is 16.5.